The number of carbonyl (C=O) groups excluding carboxylic acids is 1. The monoisotopic (exact) mass is 354 g/mol. The van der Waals surface area contributed by atoms with Gasteiger partial charge in [0, 0.05) is 10.6 Å². The van der Waals surface area contributed by atoms with Crippen molar-refractivity contribution in [3.05, 3.63) is 107 Å². The first-order valence-electron chi connectivity index (χ1n) is 7.81. The Hall–Kier alpha value is -2.49. The summed E-state index contributed by atoms with van der Waals surface area (Å²) in [5.74, 6) is -0.776. The Labute approximate surface area is 150 Å². The third-order valence-corrected chi connectivity index (χ3v) is 4.41. The molecule has 0 aliphatic heterocycles. The molecule has 3 rings (SSSR count). The summed E-state index contributed by atoms with van der Waals surface area (Å²) in [4.78, 5) is 12.6. The predicted octanol–water partition coefficient (Wildman–Crippen LogP) is 4.80. The average molecular weight is 355 g/mol. The van der Waals surface area contributed by atoms with E-state index in [1.54, 1.807) is 60.7 Å². The number of hydrogen-bond acceptors (Lipinski definition) is 2. The van der Waals surface area contributed by atoms with Crippen LogP contribution < -0.4 is 0 Å². The lowest BCUT2D eigenvalue weighted by Crippen LogP contribution is -2.43. The fourth-order valence-corrected chi connectivity index (χ4v) is 2.92. The molecule has 4 heteroatoms. The molecule has 0 fully saturated rings. The Morgan fingerprint density at radius 2 is 1.32 bits per heavy atom. The first kappa shape index (κ1) is 17.3. The summed E-state index contributed by atoms with van der Waals surface area (Å²) in [6.45, 7) is 0. The molecule has 3 aromatic carbocycles. The minimum Gasteiger partial charge on any atom is -0.377 e. The molecule has 2 nitrogen and oxygen atoms in total. The number of benzene rings is 3. The molecule has 0 saturated heterocycles. The van der Waals surface area contributed by atoms with Crippen molar-refractivity contribution in [3.63, 3.8) is 0 Å². The van der Waals surface area contributed by atoms with Gasteiger partial charge in [-0.2, -0.15) is 0 Å². The molecule has 3 aromatic rings. The summed E-state index contributed by atoms with van der Waals surface area (Å²) >= 11 is 5.90. The summed E-state index contributed by atoms with van der Waals surface area (Å²) in [6, 6.07) is 22.6. The molecule has 25 heavy (non-hydrogen) atoms. The van der Waals surface area contributed by atoms with Gasteiger partial charge in [-0.25, -0.2) is 4.39 Å². The Morgan fingerprint density at radius 3 is 1.88 bits per heavy atom. The molecular formula is C21H16ClFO2. The molecule has 0 radical (unpaired) electrons. The van der Waals surface area contributed by atoms with Gasteiger partial charge in [-0.05, 0) is 23.3 Å². The van der Waals surface area contributed by atoms with Crippen molar-refractivity contribution in [2.45, 2.75) is 11.8 Å². The van der Waals surface area contributed by atoms with Gasteiger partial charge in [0.2, 0.25) is 5.78 Å². The van der Waals surface area contributed by atoms with Crippen LogP contribution >= 0.6 is 11.6 Å². The van der Waals surface area contributed by atoms with Gasteiger partial charge >= 0.3 is 0 Å². The molecule has 0 amide bonds. The maximum atomic E-state index is 15.4. The topological polar surface area (TPSA) is 37.3 Å². The van der Waals surface area contributed by atoms with Gasteiger partial charge in [0.15, 0.2) is 11.8 Å². The van der Waals surface area contributed by atoms with Gasteiger partial charge in [0.05, 0.1) is 0 Å². The van der Waals surface area contributed by atoms with Crippen LogP contribution in [0.3, 0.4) is 0 Å². The minimum atomic E-state index is -2.17. The van der Waals surface area contributed by atoms with Crippen LogP contribution in [-0.2, 0) is 5.60 Å². The maximum Gasteiger partial charge on any atom is 0.200 e. The van der Waals surface area contributed by atoms with Crippen LogP contribution in [0.5, 0.6) is 0 Å². The van der Waals surface area contributed by atoms with E-state index in [4.69, 9.17) is 11.6 Å². The van der Waals surface area contributed by atoms with Gasteiger partial charge in [0.1, 0.15) is 0 Å². The Morgan fingerprint density at radius 1 is 0.840 bits per heavy atom. The van der Waals surface area contributed by atoms with Gasteiger partial charge in [-0.15, -0.1) is 0 Å². The molecule has 0 aromatic heterocycles. The summed E-state index contributed by atoms with van der Waals surface area (Å²) in [6.07, 6.45) is -2.17. The van der Waals surface area contributed by atoms with Crippen LogP contribution in [-0.4, -0.2) is 17.1 Å². The quantitative estimate of drug-likeness (QED) is 0.668. The van der Waals surface area contributed by atoms with Crippen LogP contribution in [0.2, 0.25) is 5.02 Å². The molecule has 0 aliphatic rings. The number of carbonyl (C=O) groups is 1. The highest BCUT2D eigenvalue weighted by molar-refractivity contribution is 6.30. The van der Waals surface area contributed by atoms with Gasteiger partial charge < -0.3 is 5.11 Å². The number of hydrogen-bond donors (Lipinski definition) is 1. The van der Waals surface area contributed by atoms with E-state index in [1.165, 1.54) is 24.3 Å². The van der Waals surface area contributed by atoms with Gasteiger partial charge in [-0.1, -0.05) is 84.4 Å². The third kappa shape index (κ3) is 3.34. The number of rotatable bonds is 5. The second-order valence-corrected chi connectivity index (χ2v) is 6.17. The van der Waals surface area contributed by atoms with E-state index in [1.807, 2.05) is 0 Å². The number of ketones is 1. The second kappa shape index (κ2) is 7.18. The zero-order valence-electron chi connectivity index (χ0n) is 13.3. The zero-order chi connectivity index (χ0) is 17.9. The number of alkyl halides is 1. The molecule has 0 heterocycles. The molecule has 0 saturated carbocycles. The van der Waals surface area contributed by atoms with Crippen LogP contribution in [0.15, 0.2) is 84.9 Å². The lowest BCUT2D eigenvalue weighted by molar-refractivity contribution is 0.00253. The third-order valence-electron chi connectivity index (χ3n) is 4.15. The van der Waals surface area contributed by atoms with Crippen LogP contribution in [0, 0.1) is 0 Å². The van der Waals surface area contributed by atoms with Crippen molar-refractivity contribution < 1.29 is 14.3 Å². The van der Waals surface area contributed by atoms with Crippen molar-refractivity contribution in [2.75, 3.05) is 0 Å². The Bertz CT molecular complexity index is 850. The molecule has 126 valence electrons. The summed E-state index contributed by atoms with van der Waals surface area (Å²) in [5.41, 5.74) is -1.34. The van der Waals surface area contributed by atoms with Crippen molar-refractivity contribution in [2.24, 2.45) is 0 Å². The molecule has 1 N–H and O–H groups in total. The molecule has 2 atom stereocenters. The molecule has 0 spiro atoms. The van der Waals surface area contributed by atoms with Crippen LogP contribution in [0.1, 0.15) is 21.5 Å². The second-order valence-electron chi connectivity index (χ2n) is 5.73. The van der Waals surface area contributed by atoms with Gasteiger partial charge in [-0.3, -0.25) is 4.79 Å². The number of Topliss-reactive ketones (excluding diaryl/α,β-unsaturated/α-hetero) is 1. The Balaban J connectivity index is 2.11. The zero-order valence-corrected chi connectivity index (χ0v) is 14.0. The predicted molar refractivity (Wildman–Crippen MR) is 96.6 cm³/mol. The molecular weight excluding hydrogens is 339 g/mol. The molecule has 0 aliphatic carbocycles. The highest BCUT2D eigenvalue weighted by Crippen LogP contribution is 2.36. The van der Waals surface area contributed by atoms with E-state index in [0.29, 0.717) is 10.6 Å². The number of aliphatic hydroxyl groups is 1. The average Bonchev–Trinajstić information content (AvgIpc) is 2.68. The lowest BCUT2D eigenvalue weighted by Gasteiger charge is -2.32. The highest BCUT2D eigenvalue weighted by Gasteiger charge is 2.45. The molecule has 0 bridgehead atoms. The van der Waals surface area contributed by atoms with Gasteiger partial charge in [0.25, 0.3) is 0 Å². The lowest BCUT2D eigenvalue weighted by atomic mass is 9.80. The van der Waals surface area contributed by atoms with E-state index in [0.717, 1.165) is 0 Å². The first-order chi connectivity index (χ1) is 12.0. The summed E-state index contributed by atoms with van der Waals surface area (Å²) < 4.78 is 15.4. The standard InChI is InChI=1S/C21H16ClFO2/c22-18-13-11-17(12-14-18)21(25,16-9-5-2-6-10-16)20(23)19(24)15-7-3-1-4-8-15/h1-14,20,25H. The summed E-state index contributed by atoms with van der Waals surface area (Å²) in [7, 11) is 0. The Kier molecular flexibility index (Phi) is 4.98. The molecule has 2 unspecified atom stereocenters. The largest absolute Gasteiger partial charge is 0.377 e. The normalized spacial score (nSPS) is 14.5. The van der Waals surface area contributed by atoms with E-state index in [-0.39, 0.29) is 11.1 Å². The van der Waals surface area contributed by atoms with Crippen molar-refractivity contribution in [1.29, 1.82) is 0 Å². The van der Waals surface area contributed by atoms with E-state index >= 15 is 4.39 Å². The van der Waals surface area contributed by atoms with Crippen molar-refractivity contribution in [3.8, 4) is 0 Å². The summed E-state index contributed by atoms with van der Waals surface area (Å²) in [5, 5.41) is 11.8. The fourth-order valence-electron chi connectivity index (χ4n) is 2.79. The van der Waals surface area contributed by atoms with E-state index < -0.39 is 17.6 Å². The van der Waals surface area contributed by atoms with Crippen LogP contribution in [0.25, 0.3) is 0 Å². The fraction of sp³-hybridized carbons (Fsp3) is 0.0952. The maximum absolute atomic E-state index is 15.4. The first-order valence-corrected chi connectivity index (χ1v) is 8.18. The van der Waals surface area contributed by atoms with E-state index in [9.17, 15) is 9.90 Å². The van der Waals surface area contributed by atoms with E-state index in [2.05, 4.69) is 0 Å². The number of halogens is 2. The van der Waals surface area contributed by atoms with Crippen molar-refractivity contribution in [1.82, 2.24) is 0 Å². The minimum absolute atomic E-state index is 0.207. The van der Waals surface area contributed by atoms with Crippen LogP contribution in [0.4, 0.5) is 4.39 Å². The van der Waals surface area contributed by atoms with Crippen molar-refractivity contribution >= 4 is 17.4 Å². The highest BCUT2D eigenvalue weighted by atomic mass is 35.5. The smallest absolute Gasteiger partial charge is 0.200 e. The SMILES string of the molecule is O=C(c1ccccc1)C(F)C(O)(c1ccccc1)c1ccc(Cl)cc1.